The predicted molar refractivity (Wildman–Crippen MR) is 121 cm³/mol. The van der Waals surface area contributed by atoms with Gasteiger partial charge in [0.25, 0.3) is 0 Å². The summed E-state index contributed by atoms with van der Waals surface area (Å²) < 4.78 is 1.93. The topological polar surface area (TPSA) is 50.2 Å². The van der Waals surface area contributed by atoms with Gasteiger partial charge in [-0.3, -0.25) is 9.69 Å². The van der Waals surface area contributed by atoms with Crippen LogP contribution in [0, 0.1) is 5.92 Å². The number of hydrogen-bond donors (Lipinski definition) is 1. The third-order valence-electron chi connectivity index (χ3n) is 5.70. The van der Waals surface area contributed by atoms with E-state index in [2.05, 4.69) is 33.6 Å². The van der Waals surface area contributed by atoms with Crippen molar-refractivity contribution in [1.29, 1.82) is 0 Å². The van der Waals surface area contributed by atoms with Gasteiger partial charge in [-0.1, -0.05) is 41.9 Å². The summed E-state index contributed by atoms with van der Waals surface area (Å²) in [5.74, 6) is 0.643. The molecule has 1 aliphatic rings. The Bertz CT molecular complexity index is 964. The minimum atomic E-state index is 0.0406. The third-order valence-corrected chi connectivity index (χ3v) is 6.03. The van der Waals surface area contributed by atoms with Crippen molar-refractivity contribution in [3.05, 3.63) is 77.6 Å². The van der Waals surface area contributed by atoms with Gasteiger partial charge in [-0.2, -0.15) is 5.10 Å². The second kappa shape index (κ2) is 9.92. The van der Waals surface area contributed by atoms with E-state index in [0.717, 1.165) is 44.6 Å². The molecule has 0 radical (unpaired) electrons. The highest BCUT2D eigenvalue weighted by Gasteiger charge is 2.20. The van der Waals surface area contributed by atoms with Crippen LogP contribution in [-0.4, -0.2) is 33.7 Å². The van der Waals surface area contributed by atoms with Gasteiger partial charge >= 0.3 is 0 Å². The lowest BCUT2D eigenvalue weighted by Gasteiger charge is -2.31. The maximum Gasteiger partial charge on any atom is 0.224 e. The monoisotopic (exact) mass is 422 g/mol. The number of hydrogen-bond acceptors (Lipinski definition) is 3. The van der Waals surface area contributed by atoms with Gasteiger partial charge in [0.2, 0.25) is 5.91 Å². The molecule has 0 unspecified atom stereocenters. The summed E-state index contributed by atoms with van der Waals surface area (Å²) in [6.45, 7) is 3.05. The number of likely N-dealkylation sites (tertiary alicyclic amines) is 1. The van der Waals surface area contributed by atoms with Crippen molar-refractivity contribution in [3.8, 4) is 5.69 Å². The van der Waals surface area contributed by atoms with Crippen LogP contribution in [0.3, 0.4) is 0 Å². The molecule has 0 atom stereocenters. The molecule has 0 bridgehead atoms. The number of piperidine rings is 1. The molecule has 1 fully saturated rings. The van der Waals surface area contributed by atoms with Crippen molar-refractivity contribution in [2.45, 2.75) is 32.2 Å². The number of halogens is 1. The Labute approximate surface area is 182 Å². The van der Waals surface area contributed by atoms with Crippen LogP contribution in [0.15, 0.2) is 67.0 Å². The van der Waals surface area contributed by atoms with Crippen LogP contribution in [0.2, 0.25) is 5.02 Å². The first kappa shape index (κ1) is 20.6. The summed E-state index contributed by atoms with van der Waals surface area (Å²) in [6.07, 6.45) is 7.80. The number of benzene rings is 2. The molecule has 30 heavy (non-hydrogen) atoms. The highest BCUT2D eigenvalue weighted by atomic mass is 35.5. The Morgan fingerprint density at radius 3 is 2.57 bits per heavy atom. The molecule has 1 aliphatic heterocycles. The molecule has 3 aromatic rings. The Kier molecular flexibility index (Phi) is 6.82. The first-order valence-electron chi connectivity index (χ1n) is 10.5. The normalized spacial score (nSPS) is 15.2. The van der Waals surface area contributed by atoms with Gasteiger partial charge in [0.15, 0.2) is 0 Å². The molecule has 5 nitrogen and oxygen atoms in total. The average molecular weight is 423 g/mol. The van der Waals surface area contributed by atoms with Gasteiger partial charge in [-0.25, -0.2) is 4.68 Å². The van der Waals surface area contributed by atoms with E-state index in [0.29, 0.717) is 23.0 Å². The zero-order valence-corrected chi connectivity index (χ0v) is 17.8. The van der Waals surface area contributed by atoms with E-state index in [1.807, 2.05) is 47.3 Å². The van der Waals surface area contributed by atoms with Gasteiger partial charge in [0.05, 0.1) is 22.6 Å². The predicted octanol–water partition coefficient (Wildman–Crippen LogP) is 5.16. The molecule has 1 N–H and O–H groups in total. The molecule has 0 saturated carbocycles. The molecule has 1 aromatic heterocycles. The standard InChI is InChI=1S/C24H27ClN4O/c25-22-8-4-5-9-23(22)27-24(30)11-10-19-12-14-28(15-13-19)17-20-16-26-29(18-20)21-6-2-1-3-7-21/h1-9,16,18-19H,10-15,17H2,(H,27,30). The van der Waals surface area contributed by atoms with Crippen LogP contribution < -0.4 is 5.32 Å². The van der Waals surface area contributed by atoms with Crippen molar-refractivity contribution in [2.24, 2.45) is 5.92 Å². The summed E-state index contributed by atoms with van der Waals surface area (Å²) in [4.78, 5) is 14.7. The Hall–Kier alpha value is -2.63. The van der Waals surface area contributed by atoms with Crippen LogP contribution in [0.1, 0.15) is 31.2 Å². The molecule has 4 rings (SSSR count). The second-order valence-electron chi connectivity index (χ2n) is 7.91. The van der Waals surface area contributed by atoms with Crippen molar-refractivity contribution >= 4 is 23.2 Å². The fraction of sp³-hybridized carbons (Fsp3) is 0.333. The minimum absolute atomic E-state index is 0.0406. The zero-order valence-electron chi connectivity index (χ0n) is 17.0. The van der Waals surface area contributed by atoms with E-state index in [1.165, 1.54) is 5.56 Å². The average Bonchev–Trinajstić information content (AvgIpc) is 3.24. The lowest BCUT2D eigenvalue weighted by Crippen LogP contribution is -2.33. The van der Waals surface area contributed by atoms with Crippen molar-refractivity contribution in [1.82, 2.24) is 14.7 Å². The Balaban J connectivity index is 1.19. The molecule has 6 heteroatoms. The highest BCUT2D eigenvalue weighted by molar-refractivity contribution is 6.33. The molecular weight excluding hydrogens is 396 g/mol. The number of rotatable bonds is 7. The molecule has 2 aromatic carbocycles. The van der Waals surface area contributed by atoms with E-state index >= 15 is 0 Å². The summed E-state index contributed by atoms with van der Waals surface area (Å²) in [6, 6.07) is 17.5. The fourth-order valence-corrected chi connectivity index (χ4v) is 4.15. The van der Waals surface area contributed by atoms with Crippen LogP contribution >= 0.6 is 11.6 Å². The number of nitrogens with zero attached hydrogens (tertiary/aromatic N) is 3. The van der Waals surface area contributed by atoms with E-state index in [-0.39, 0.29) is 5.91 Å². The number of amides is 1. The largest absolute Gasteiger partial charge is 0.325 e. The van der Waals surface area contributed by atoms with E-state index < -0.39 is 0 Å². The summed E-state index contributed by atoms with van der Waals surface area (Å²) in [7, 11) is 0. The number of nitrogens with one attached hydrogen (secondary N) is 1. The lowest BCUT2D eigenvalue weighted by molar-refractivity contribution is -0.116. The molecule has 2 heterocycles. The van der Waals surface area contributed by atoms with Gasteiger partial charge in [-0.15, -0.1) is 0 Å². The van der Waals surface area contributed by atoms with Crippen LogP contribution in [0.5, 0.6) is 0 Å². The zero-order chi connectivity index (χ0) is 20.8. The fourth-order valence-electron chi connectivity index (χ4n) is 3.97. The second-order valence-corrected chi connectivity index (χ2v) is 8.32. The SMILES string of the molecule is O=C(CCC1CCN(Cc2cnn(-c3ccccc3)c2)CC1)Nc1ccccc1Cl. The number of aromatic nitrogens is 2. The first-order chi connectivity index (χ1) is 14.7. The van der Waals surface area contributed by atoms with Crippen molar-refractivity contribution in [2.75, 3.05) is 18.4 Å². The van der Waals surface area contributed by atoms with E-state index in [9.17, 15) is 4.79 Å². The quantitative estimate of drug-likeness (QED) is 0.572. The summed E-state index contributed by atoms with van der Waals surface area (Å²) in [5.41, 5.74) is 3.00. The van der Waals surface area contributed by atoms with E-state index in [1.54, 1.807) is 6.07 Å². The molecule has 0 aliphatic carbocycles. The van der Waals surface area contributed by atoms with Gasteiger partial charge < -0.3 is 5.32 Å². The van der Waals surface area contributed by atoms with Gasteiger partial charge in [0.1, 0.15) is 0 Å². The van der Waals surface area contributed by atoms with Gasteiger partial charge in [0, 0.05) is 24.7 Å². The third kappa shape index (κ3) is 5.49. The van der Waals surface area contributed by atoms with Crippen LogP contribution in [0.4, 0.5) is 5.69 Å². The number of carbonyl (C=O) groups excluding carboxylic acids is 1. The number of anilines is 1. The smallest absolute Gasteiger partial charge is 0.224 e. The molecular formula is C24H27ClN4O. The lowest BCUT2D eigenvalue weighted by atomic mass is 9.92. The summed E-state index contributed by atoms with van der Waals surface area (Å²) >= 11 is 6.11. The van der Waals surface area contributed by atoms with Crippen LogP contribution in [-0.2, 0) is 11.3 Å². The Morgan fingerprint density at radius 1 is 1.07 bits per heavy atom. The number of para-hydroxylation sites is 2. The molecule has 156 valence electrons. The number of carbonyl (C=O) groups is 1. The van der Waals surface area contributed by atoms with Crippen molar-refractivity contribution in [3.63, 3.8) is 0 Å². The maximum absolute atomic E-state index is 12.2. The summed E-state index contributed by atoms with van der Waals surface area (Å²) in [5, 5.41) is 7.99. The Morgan fingerprint density at radius 2 is 1.80 bits per heavy atom. The van der Waals surface area contributed by atoms with Crippen molar-refractivity contribution < 1.29 is 4.79 Å². The van der Waals surface area contributed by atoms with Gasteiger partial charge in [-0.05, 0) is 62.5 Å². The molecule has 1 saturated heterocycles. The minimum Gasteiger partial charge on any atom is -0.325 e. The maximum atomic E-state index is 12.2. The van der Waals surface area contributed by atoms with E-state index in [4.69, 9.17) is 11.6 Å². The molecule has 1 amide bonds. The highest BCUT2D eigenvalue weighted by Crippen LogP contribution is 2.25. The first-order valence-corrected chi connectivity index (χ1v) is 10.9. The molecule has 0 spiro atoms. The van der Waals surface area contributed by atoms with Crippen LogP contribution in [0.25, 0.3) is 5.69 Å².